The van der Waals surface area contributed by atoms with E-state index in [1.54, 1.807) is 0 Å². The first-order chi connectivity index (χ1) is 13.4. The highest BCUT2D eigenvalue weighted by Gasteiger charge is 2.30. The highest BCUT2D eigenvalue weighted by Crippen LogP contribution is 2.29. The van der Waals surface area contributed by atoms with Crippen LogP contribution in [0.25, 0.3) is 11.0 Å². The van der Waals surface area contributed by atoms with E-state index in [2.05, 4.69) is 23.0 Å². The molecule has 0 bridgehead atoms. The SMILES string of the molecule is CC(=O)c1[nH]c(C)c(C(=O)N2CCC[C@@H](c3nc4c(C)cccc4[nH]3)C2)c1C. The van der Waals surface area contributed by atoms with E-state index in [1.165, 1.54) is 6.92 Å². The largest absolute Gasteiger partial charge is 0.355 e. The molecule has 6 nitrogen and oxygen atoms in total. The fourth-order valence-electron chi connectivity index (χ4n) is 4.35. The molecule has 3 heterocycles. The summed E-state index contributed by atoms with van der Waals surface area (Å²) in [5, 5.41) is 0. The molecule has 1 saturated heterocycles. The molecule has 1 atom stereocenters. The van der Waals surface area contributed by atoms with Crippen LogP contribution in [0.4, 0.5) is 0 Å². The summed E-state index contributed by atoms with van der Waals surface area (Å²) < 4.78 is 0. The van der Waals surface area contributed by atoms with Gasteiger partial charge in [-0.1, -0.05) is 12.1 Å². The molecule has 1 amide bonds. The second-order valence-electron chi connectivity index (χ2n) is 7.86. The Kier molecular flexibility index (Phi) is 4.57. The number of fused-ring (bicyclic) bond motifs is 1. The van der Waals surface area contributed by atoms with Gasteiger partial charge >= 0.3 is 0 Å². The van der Waals surface area contributed by atoms with Crippen LogP contribution in [0.15, 0.2) is 18.2 Å². The maximum absolute atomic E-state index is 13.2. The van der Waals surface area contributed by atoms with Crippen molar-refractivity contribution in [3.8, 4) is 0 Å². The average molecular weight is 378 g/mol. The number of H-pyrrole nitrogens is 2. The van der Waals surface area contributed by atoms with Crippen LogP contribution >= 0.6 is 0 Å². The fourth-order valence-corrected chi connectivity index (χ4v) is 4.35. The summed E-state index contributed by atoms with van der Waals surface area (Å²) in [6.45, 7) is 8.65. The van der Waals surface area contributed by atoms with Gasteiger partial charge in [0.25, 0.3) is 5.91 Å². The summed E-state index contributed by atoms with van der Waals surface area (Å²) in [5.74, 6) is 1.09. The Labute approximate surface area is 164 Å². The van der Waals surface area contributed by atoms with Crippen LogP contribution in [0.3, 0.4) is 0 Å². The highest BCUT2D eigenvalue weighted by atomic mass is 16.2. The highest BCUT2D eigenvalue weighted by molar-refractivity contribution is 6.02. The molecule has 28 heavy (non-hydrogen) atoms. The molecule has 0 spiro atoms. The van der Waals surface area contributed by atoms with Gasteiger partial charge in [0.15, 0.2) is 5.78 Å². The quantitative estimate of drug-likeness (QED) is 0.675. The second kappa shape index (κ2) is 6.93. The molecule has 1 aromatic carbocycles. The molecule has 0 radical (unpaired) electrons. The fraction of sp³-hybridized carbons (Fsp3) is 0.409. The molecule has 0 saturated carbocycles. The van der Waals surface area contributed by atoms with Gasteiger partial charge in [-0.05, 0) is 50.8 Å². The van der Waals surface area contributed by atoms with Crippen LogP contribution in [-0.4, -0.2) is 44.6 Å². The van der Waals surface area contributed by atoms with Crippen molar-refractivity contribution in [1.29, 1.82) is 0 Å². The summed E-state index contributed by atoms with van der Waals surface area (Å²) >= 11 is 0. The Hall–Kier alpha value is -2.89. The van der Waals surface area contributed by atoms with E-state index in [0.717, 1.165) is 53.1 Å². The number of carbonyl (C=O) groups is 2. The van der Waals surface area contributed by atoms with Gasteiger partial charge in [0.2, 0.25) is 0 Å². The van der Waals surface area contributed by atoms with E-state index in [4.69, 9.17) is 4.98 Å². The molecule has 0 aliphatic carbocycles. The number of likely N-dealkylation sites (tertiary alicyclic amines) is 1. The third-order valence-electron chi connectivity index (χ3n) is 5.83. The first-order valence-electron chi connectivity index (χ1n) is 9.81. The normalized spacial score (nSPS) is 17.3. The first kappa shape index (κ1) is 18.5. The number of nitrogens with zero attached hydrogens (tertiary/aromatic N) is 2. The van der Waals surface area contributed by atoms with Crippen molar-refractivity contribution in [3.63, 3.8) is 0 Å². The summed E-state index contributed by atoms with van der Waals surface area (Å²) in [7, 11) is 0. The monoisotopic (exact) mass is 378 g/mol. The predicted octanol–water partition coefficient (Wildman–Crippen LogP) is 4.04. The number of imidazole rings is 1. The van der Waals surface area contributed by atoms with E-state index in [9.17, 15) is 9.59 Å². The average Bonchev–Trinajstić information content (AvgIpc) is 3.23. The lowest BCUT2D eigenvalue weighted by molar-refractivity contribution is 0.0703. The van der Waals surface area contributed by atoms with Crippen LogP contribution in [-0.2, 0) is 0 Å². The molecule has 1 fully saturated rings. The van der Waals surface area contributed by atoms with Crippen molar-refractivity contribution in [2.75, 3.05) is 13.1 Å². The number of piperidine rings is 1. The number of aromatic nitrogens is 3. The number of benzene rings is 1. The van der Waals surface area contributed by atoms with Crippen LogP contribution in [0.1, 0.15) is 69.2 Å². The van der Waals surface area contributed by atoms with E-state index in [1.807, 2.05) is 30.9 Å². The zero-order valence-electron chi connectivity index (χ0n) is 16.8. The van der Waals surface area contributed by atoms with Gasteiger partial charge in [-0.15, -0.1) is 0 Å². The Morgan fingerprint density at radius 1 is 1.18 bits per heavy atom. The number of ketones is 1. The number of nitrogens with one attached hydrogen (secondary N) is 2. The minimum absolute atomic E-state index is 0.00394. The second-order valence-corrected chi connectivity index (χ2v) is 7.86. The number of carbonyl (C=O) groups excluding carboxylic acids is 2. The smallest absolute Gasteiger partial charge is 0.255 e. The molecule has 146 valence electrons. The zero-order valence-corrected chi connectivity index (χ0v) is 16.8. The van der Waals surface area contributed by atoms with Gasteiger partial charge in [0, 0.05) is 31.6 Å². The molecule has 1 aliphatic rings. The van der Waals surface area contributed by atoms with Gasteiger partial charge < -0.3 is 14.9 Å². The summed E-state index contributed by atoms with van der Waals surface area (Å²) in [4.78, 5) is 38.3. The lowest BCUT2D eigenvalue weighted by Gasteiger charge is -2.32. The van der Waals surface area contributed by atoms with Gasteiger partial charge in [-0.2, -0.15) is 0 Å². The number of aromatic amines is 2. The summed E-state index contributed by atoms with van der Waals surface area (Å²) in [6, 6.07) is 6.13. The molecular weight excluding hydrogens is 352 g/mol. The van der Waals surface area contributed by atoms with Crippen molar-refractivity contribution in [2.24, 2.45) is 0 Å². The van der Waals surface area contributed by atoms with Crippen LogP contribution < -0.4 is 0 Å². The molecule has 6 heteroatoms. The molecular formula is C22H26N4O2. The van der Waals surface area contributed by atoms with Gasteiger partial charge in [-0.25, -0.2) is 4.98 Å². The van der Waals surface area contributed by atoms with E-state index in [-0.39, 0.29) is 17.6 Å². The van der Waals surface area contributed by atoms with E-state index in [0.29, 0.717) is 17.8 Å². The maximum Gasteiger partial charge on any atom is 0.255 e. The van der Waals surface area contributed by atoms with Crippen LogP contribution in [0.2, 0.25) is 0 Å². The van der Waals surface area contributed by atoms with Crippen molar-refractivity contribution in [1.82, 2.24) is 19.9 Å². The van der Waals surface area contributed by atoms with Crippen molar-refractivity contribution in [3.05, 3.63) is 52.1 Å². The lowest BCUT2D eigenvalue weighted by Crippen LogP contribution is -2.39. The van der Waals surface area contributed by atoms with Crippen LogP contribution in [0, 0.1) is 20.8 Å². The van der Waals surface area contributed by atoms with Crippen molar-refractivity contribution >= 4 is 22.7 Å². The molecule has 1 aliphatic heterocycles. The number of para-hydroxylation sites is 1. The standard InChI is InChI=1S/C22H26N4O2/c1-12-7-5-9-17-19(12)25-21(24-17)16-8-6-10-26(11-16)22(28)18-13(2)20(15(4)27)23-14(18)3/h5,7,9,16,23H,6,8,10-11H2,1-4H3,(H,24,25)/t16-/m1/s1. The Morgan fingerprint density at radius 3 is 2.64 bits per heavy atom. The third-order valence-corrected chi connectivity index (χ3v) is 5.83. The molecule has 4 rings (SSSR count). The van der Waals surface area contributed by atoms with Gasteiger partial charge in [0.05, 0.1) is 22.3 Å². The Morgan fingerprint density at radius 2 is 1.96 bits per heavy atom. The number of hydrogen-bond acceptors (Lipinski definition) is 3. The molecule has 0 unspecified atom stereocenters. The topological polar surface area (TPSA) is 81.8 Å². The van der Waals surface area contributed by atoms with Crippen molar-refractivity contribution < 1.29 is 9.59 Å². The number of rotatable bonds is 3. The Balaban J connectivity index is 1.61. The minimum Gasteiger partial charge on any atom is -0.355 e. The molecule has 2 N–H and O–H groups in total. The zero-order chi connectivity index (χ0) is 20.0. The number of amides is 1. The summed E-state index contributed by atoms with van der Waals surface area (Å²) in [6.07, 6.45) is 1.95. The number of aryl methyl sites for hydroxylation is 2. The predicted molar refractivity (Wildman–Crippen MR) is 109 cm³/mol. The van der Waals surface area contributed by atoms with Gasteiger partial charge in [-0.3, -0.25) is 9.59 Å². The van der Waals surface area contributed by atoms with E-state index >= 15 is 0 Å². The van der Waals surface area contributed by atoms with Crippen LogP contribution in [0.5, 0.6) is 0 Å². The first-order valence-corrected chi connectivity index (χ1v) is 9.81. The van der Waals surface area contributed by atoms with Crippen molar-refractivity contribution in [2.45, 2.75) is 46.5 Å². The number of hydrogen-bond donors (Lipinski definition) is 2. The molecule has 3 aromatic rings. The summed E-state index contributed by atoms with van der Waals surface area (Å²) in [5.41, 5.74) is 5.87. The third kappa shape index (κ3) is 3.03. The Bertz CT molecular complexity index is 1080. The number of Topliss-reactive ketones (excluding diaryl/α,β-unsaturated/α-hetero) is 1. The lowest BCUT2D eigenvalue weighted by atomic mass is 9.96. The minimum atomic E-state index is -0.0474. The van der Waals surface area contributed by atoms with E-state index < -0.39 is 0 Å². The maximum atomic E-state index is 13.2. The van der Waals surface area contributed by atoms with Gasteiger partial charge in [0.1, 0.15) is 5.82 Å². The molecule has 2 aromatic heterocycles.